The van der Waals surface area contributed by atoms with E-state index >= 15 is 0 Å². The molecule has 0 aliphatic carbocycles. The highest BCUT2D eigenvalue weighted by atomic mass is 35.5. The zero-order valence-electron chi connectivity index (χ0n) is 10.4. The van der Waals surface area contributed by atoms with Gasteiger partial charge < -0.3 is 0 Å². The summed E-state index contributed by atoms with van der Waals surface area (Å²) in [5.41, 5.74) is 0. The summed E-state index contributed by atoms with van der Waals surface area (Å²) in [4.78, 5) is 0.176. The van der Waals surface area contributed by atoms with Crippen LogP contribution in [0.3, 0.4) is 0 Å². The minimum atomic E-state index is -3.54. The molecule has 1 atom stereocenters. The number of nitrogens with one attached hydrogen (secondary N) is 1. The third kappa shape index (κ3) is 4.43. The predicted molar refractivity (Wildman–Crippen MR) is 75.7 cm³/mol. The van der Waals surface area contributed by atoms with Crippen LogP contribution in [0, 0.1) is 5.92 Å². The van der Waals surface area contributed by atoms with Crippen LogP contribution < -0.4 is 4.72 Å². The maximum Gasteiger partial charge on any atom is 0.240 e. The van der Waals surface area contributed by atoms with Crippen LogP contribution in [-0.4, -0.2) is 20.3 Å². The summed E-state index contributed by atoms with van der Waals surface area (Å²) in [7, 11) is -3.54. The lowest BCUT2D eigenvalue weighted by Crippen LogP contribution is -2.38. The van der Waals surface area contributed by atoms with Crippen molar-refractivity contribution in [1.29, 1.82) is 0 Å². The Morgan fingerprint density at radius 2 is 2.00 bits per heavy atom. The lowest BCUT2D eigenvalue weighted by Gasteiger charge is -2.21. The molecular weight excluding hydrogens is 293 g/mol. The molecule has 18 heavy (non-hydrogen) atoms. The standard InChI is InChI=1S/C12H17Cl2NO2S/c1-9(2)12(6-7-13)15-18(16,17)11-5-3-4-10(14)8-11/h3-5,8-9,12,15H,6-7H2,1-2H3. The van der Waals surface area contributed by atoms with Gasteiger partial charge in [-0.2, -0.15) is 0 Å². The van der Waals surface area contributed by atoms with E-state index in [1.165, 1.54) is 12.1 Å². The molecule has 1 aromatic carbocycles. The molecule has 1 unspecified atom stereocenters. The molecule has 0 amide bonds. The van der Waals surface area contributed by atoms with E-state index in [0.717, 1.165) is 0 Å². The Hall–Kier alpha value is -0.290. The molecule has 0 saturated carbocycles. The summed E-state index contributed by atoms with van der Waals surface area (Å²) in [6.07, 6.45) is 0.596. The van der Waals surface area contributed by atoms with Crippen molar-refractivity contribution in [1.82, 2.24) is 4.72 Å². The molecule has 0 bridgehead atoms. The lowest BCUT2D eigenvalue weighted by molar-refractivity contribution is 0.439. The summed E-state index contributed by atoms with van der Waals surface area (Å²) in [5.74, 6) is 0.596. The monoisotopic (exact) mass is 309 g/mol. The molecule has 6 heteroatoms. The quantitative estimate of drug-likeness (QED) is 0.820. The SMILES string of the molecule is CC(C)C(CCCl)NS(=O)(=O)c1cccc(Cl)c1. The number of hydrogen-bond donors (Lipinski definition) is 1. The van der Waals surface area contributed by atoms with Gasteiger partial charge in [0.25, 0.3) is 0 Å². The molecular formula is C12H17Cl2NO2S. The van der Waals surface area contributed by atoms with Crippen LogP contribution in [0.5, 0.6) is 0 Å². The summed E-state index contributed by atoms with van der Waals surface area (Å²) >= 11 is 11.5. The number of sulfonamides is 1. The Morgan fingerprint density at radius 3 is 2.50 bits per heavy atom. The predicted octanol–water partition coefficient (Wildman–Crippen LogP) is 3.27. The molecule has 102 valence electrons. The van der Waals surface area contributed by atoms with Crippen LogP contribution >= 0.6 is 23.2 Å². The van der Waals surface area contributed by atoms with Gasteiger partial charge in [-0.05, 0) is 30.5 Å². The second-order valence-electron chi connectivity index (χ2n) is 4.41. The summed E-state index contributed by atoms with van der Waals surface area (Å²) < 4.78 is 27.0. The van der Waals surface area contributed by atoms with Crippen molar-refractivity contribution in [3.8, 4) is 0 Å². The van der Waals surface area contributed by atoms with Crippen molar-refractivity contribution in [3.63, 3.8) is 0 Å². The van der Waals surface area contributed by atoms with Crippen LogP contribution in [0.1, 0.15) is 20.3 Å². The fraction of sp³-hybridized carbons (Fsp3) is 0.500. The molecule has 0 heterocycles. The van der Waals surface area contributed by atoms with Crippen LogP contribution in [0.25, 0.3) is 0 Å². The van der Waals surface area contributed by atoms with E-state index < -0.39 is 10.0 Å². The minimum Gasteiger partial charge on any atom is -0.208 e. The summed E-state index contributed by atoms with van der Waals surface area (Å²) in [6, 6.07) is 6.03. The highest BCUT2D eigenvalue weighted by molar-refractivity contribution is 7.89. The Kier molecular flexibility index (Phi) is 5.92. The van der Waals surface area contributed by atoms with E-state index in [0.29, 0.717) is 17.3 Å². The normalized spacial score (nSPS) is 13.8. The first-order valence-electron chi connectivity index (χ1n) is 5.70. The molecule has 0 saturated heterocycles. The van der Waals surface area contributed by atoms with Crippen molar-refractivity contribution in [2.24, 2.45) is 5.92 Å². The molecule has 1 N–H and O–H groups in total. The average molecular weight is 310 g/mol. The molecule has 0 spiro atoms. The fourth-order valence-electron chi connectivity index (χ4n) is 1.55. The largest absolute Gasteiger partial charge is 0.240 e. The van der Waals surface area contributed by atoms with Gasteiger partial charge in [-0.25, -0.2) is 13.1 Å². The van der Waals surface area contributed by atoms with Gasteiger partial charge in [-0.1, -0.05) is 31.5 Å². The number of alkyl halides is 1. The van der Waals surface area contributed by atoms with Crippen molar-refractivity contribution < 1.29 is 8.42 Å². The first-order chi connectivity index (χ1) is 8.36. The Labute approximate surface area is 119 Å². The fourth-order valence-corrected chi connectivity index (χ4v) is 3.50. The smallest absolute Gasteiger partial charge is 0.208 e. The molecule has 0 radical (unpaired) electrons. The van der Waals surface area contributed by atoms with Crippen LogP contribution in [-0.2, 0) is 10.0 Å². The van der Waals surface area contributed by atoms with Gasteiger partial charge in [0.1, 0.15) is 0 Å². The Balaban J connectivity index is 2.93. The van der Waals surface area contributed by atoms with Gasteiger partial charge in [0.05, 0.1) is 4.90 Å². The third-order valence-corrected chi connectivity index (χ3v) is 4.58. The first kappa shape index (κ1) is 15.8. The maximum atomic E-state index is 12.2. The average Bonchev–Trinajstić information content (AvgIpc) is 2.28. The molecule has 0 aliphatic heterocycles. The molecule has 0 aromatic heterocycles. The van der Waals surface area contributed by atoms with Crippen molar-refractivity contribution in [2.75, 3.05) is 5.88 Å². The highest BCUT2D eigenvalue weighted by Gasteiger charge is 2.22. The van der Waals surface area contributed by atoms with E-state index in [-0.39, 0.29) is 16.9 Å². The molecule has 3 nitrogen and oxygen atoms in total. The van der Waals surface area contributed by atoms with E-state index in [1.807, 2.05) is 13.8 Å². The van der Waals surface area contributed by atoms with Crippen molar-refractivity contribution in [2.45, 2.75) is 31.2 Å². The summed E-state index contributed by atoms with van der Waals surface area (Å²) in [5, 5.41) is 0.399. The Morgan fingerprint density at radius 1 is 1.33 bits per heavy atom. The van der Waals surface area contributed by atoms with E-state index in [2.05, 4.69) is 4.72 Å². The first-order valence-corrected chi connectivity index (χ1v) is 8.10. The van der Waals surface area contributed by atoms with Gasteiger partial charge >= 0.3 is 0 Å². The minimum absolute atomic E-state index is 0.175. The van der Waals surface area contributed by atoms with Crippen molar-refractivity contribution >= 4 is 33.2 Å². The van der Waals surface area contributed by atoms with Crippen LogP contribution in [0.4, 0.5) is 0 Å². The molecule has 0 fully saturated rings. The van der Waals surface area contributed by atoms with E-state index in [4.69, 9.17) is 23.2 Å². The third-order valence-electron chi connectivity index (χ3n) is 2.64. The number of benzene rings is 1. The van der Waals surface area contributed by atoms with Gasteiger partial charge in [-0.3, -0.25) is 0 Å². The van der Waals surface area contributed by atoms with E-state index in [1.54, 1.807) is 12.1 Å². The Bertz CT molecular complexity index is 489. The van der Waals surface area contributed by atoms with E-state index in [9.17, 15) is 8.42 Å². The van der Waals surface area contributed by atoms with Gasteiger partial charge in [0.15, 0.2) is 0 Å². The van der Waals surface area contributed by atoms with Crippen LogP contribution in [0.2, 0.25) is 5.02 Å². The highest BCUT2D eigenvalue weighted by Crippen LogP contribution is 2.17. The molecule has 1 rings (SSSR count). The number of halogens is 2. The molecule has 1 aromatic rings. The second kappa shape index (κ2) is 6.75. The number of rotatable bonds is 6. The topological polar surface area (TPSA) is 46.2 Å². The lowest BCUT2D eigenvalue weighted by atomic mass is 10.0. The van der Waals surface area contributed by atoms with Crippen molar-refractivity contribution in [3.05, 3.63) is 29.3 Å². The zero-order chi connectivity index (χ0) is 13.8. The van der Waals surface area contributed by atoms with Gasteiger partial charge in [-0.15, -0.1) is 11.6 Å². The van der Waals surface area contributed by atoms with Gasteiger partial charge in [0.2, 0.25) is 10.0 Å². The maximum absolute atomic E-state index is 12.2. The number of hydrogen-bond acceptors (Lipinski definition) is 2. The zero-order valence-corrected chi connectivity index (χ0v) is 12.7. The van der Waals surface area contributed by atoms with Crippen LogP contribution in [0.15, 0.2) is 29.2 Å². The van der Waals surface area contributed by atoms with Gasteiger partial charge in [0, 0.05) is 16.9 Å². The molecule has 0 aliphatic rings. The second-order valence-corrected chi connectivity index (χ2v) is 6.94. The summed E-state index contributed by atoms with van der Waals surface area (Å²) in [6.45, 7) is 3.91.